The fourth-order valence-corrected chi connectivity index (χ4v) is 1.81. The largest absolute Gasteiger partial charge is 0.259 e. The summed E-state index contributed by atoms with van der Waals surface area (Å²) in [5.74, 6) is 0. The Morgan fingerprint density at radius 2 is 1.47 bits per heavy atom. The van der Waals surface area contributed by atoms with E-state index in [1.165, 1.54) is 5.39 Å². The van der Waals surface area contributed by atoms with E-state index < -0.39 is 15.7 Å². The molecule has 1 heterocycles. The first-order chi connectivity index (χ1) is 9.35. The number of hydrogen-bond donors (Lipinski definition) is 0. The van der Waals surface area contributed by atoms with E-state index in [0.717, 1.165) is 11.1 Å². The molecule has 0 unspecified atom stereocenters. The second kappa shape index (κ2) is 7.62. The van der Waals surface area contributed by atoms with Gasteiger partial charge in [0.25, 0.3) is 0 Å². The van der Waals surface area contributed by atoms with Crippen molar-refractivity contribution in [3.05, 3.63) is 73.1 Å². The van der Waals surface area contributed by atoms with Crippen LogP contribution in [0.4, 0.5) is 0 Å². The van der Waals surface area contributed by atoms with Crippen LogP contribution in [0.1, 0.15) is 0 Å². The molecular weight excluding hydrogens is 457 g/mol. The third-order valence-corrected chi connectivity index (χ3v) is 2.64. The Labute approximate surface area is 128 Å². The number of pyridine rings is 1. The second-order valence-electron chi connectivity index (χ2n) is 3.77. The minimum Gasteiger partial charge on any atom is -0.259 e. The van der Waals surface area contributed by atoms with E-state index in [2.05, 4.69) is 36.5 Å². The molecule has 0 fully saturated rings. The molecule has 3 aromatic rings. The summed E-state index contributed by atoms with van der Waals surface area (Å²) in [6.45, 7) is 0. The van der Waals surface area contributed by atoms with Crippen molar-refractivity contribution in [2.45, 2.75) is 0 Å². The molecule has 0 aliphatic rings. The molecule has 0 amide bonds. The summed E-state index contributed by atoms with van der Waals surface area (Å²) in [6.07, 6.45) is 5.40. The summed E-state index contributed by atoms with van der Waals surface area (Å²) in [6, 6.07) is 20.6. The molecule has 0 aliphatic carbocycles. The number of benzene rings is 2. The van der Waals surface area contributed by atoms with Crippen LogP contribution in [0.15, 0.2) is 66.9 Å². The number of para-hydroxylation sites is 1. The van der Waals surface area contributed by atoms with Crippen molar-refractivity contribution in [2.24, 2.45) is 0 Å². The predicted octanol–water partition coefficient (Wildman–Crippen LogP) is 4.29. The molecule has 2 aromatic carbocycles. The van der Waals surface area contributed by atoms with Crippen LogP contribution in [0.5, 0.6) is 0 Å². The monoisotopic (exact) mass is 468 g/mol. The Balaban J connectivity index is 0.000000408. The molecule has 0 bridgehead atoms. The van der Waals surface area contributed by atoms with Gasteiger partial charge in [0.05, 0.1) is 0 Å². The number of rotatable bonds is 1. The molecule has 0 radical (unpaired) electrons. The SMILES string of the molecule is [Cl][Ir+][Cl].[c-]1c2ccccc2cc[n+]1-c1ccccc1. The Morgan fingerprint density at radius 1 is 0.842 bits per heavy atom. The van der Waals surface area contributed by atoms with E-state index in [4.69, 9.17) is 19.2 Å². The van der Waals surface area contributed by atoms with E-state index in [1.54, 1.807) is 0 Å². The first kappa shape index (κ1) is 14.5. The molecule has 0 N–H and O–H groups in total. The van der Waals surface area contributed by atoms with E-state index in [1.807, 2.05) is 41.1 Å². The van der Waals surface area contributed by atoms with Crippen LogP contribution in [0.3, 0.4) is 0 Å². The Hall–Kier alpha value is -0.921. The van der Waals surface area contributed by atoms with Gasteiger partial charge in [-0.3, -0.25) is 4.57 Å². The van der Waals surface area contributed by atoms with Gasteiger partial charge in [-0.05, 0) is 17.5 Å². The van der Waals surface area contributed by atoms with Crippen molar-refractivity contribution >= 4 is 29.9 Å². The van der Waals surface area contributed by atoms with Gasteiger partial charge in [-0.2, -0.15) is 0 Å². The smallest absolute Gasteiger partial charge is 0.179 e. The number of aromatic nitrogens is 1. The quantitative estimate of drug-likeness (QED) is 0.371. The van der Waals surface area contributed by atoms with Crippen LogP contribution >= 0.6 is 19.2 Å². The number of halogens is 2. The van der Waals surface area contributed by atoms with E-state index in [0.29, 0.717) is 0 Å². The molecule has 19 heavy (non-hydrogen) atoms. The minimum absolute atomic E-state index is 0.556. The van der Waals surface area contributed by atoms with Gasteiger partial charge in [-0.1, -0.05) is 47.9 Å². The van der Waals surface area contributed by atoms with E-state index in [-0.39, 0.29) is 0 Å². The van der Waals surface area contributed by atoms with Crippen molar-refractivity contribution in [1.29, 1.82) is 0 Å². The van der Waals surface area contributed by atoms with Crippen molar-refractivity contribution < 1.29 is 20.2 Å². The molecule has 0 saturated carbocycles. The first-order valence-corrected chi connectivity index (χ1v) is 11.5. The summed E-state index contributed by atoms with van der Waals surface area (Å²) in [5.41, 5.74) is 1.13. The first-order valence-electron chi connectivity index (χ1n) is 5.57. The van der Waals surface area contributed by atoms with Gasteiger partial charge in [0, 0.05) is 0 Å². The van der Waals surface area contributed by atoms with Crippen LogP contribution in [-0.4, -0.2) is 0 Å². The summed E-state index contributed by atoms with van der Waals surface area (Å²) in [4.78, 5) is 0. The van der Waals surface area contributed by atoms with Crippen LogP contribution in [-0.2, 0) is 15.7 Å². The molecule has 4 heteroatoms. The summed E-state index contributed by atoms with van der Waals surface area (Å²) in [7, 11) is 9.78. The van der Waals surface area contributed by atoms with Gasteiger partial charge in [0.15, 0.2) is 6.20 Å². The maximum absolute atomic E-state index is 4.89. The van der Waals surface area contributed by atoms with Crippen LogP contribution in [0.2, 0.25) is 0 Å². The average molecular weight is 468 g/mol. The molecule has 98 valence electrons. The standard InChI is InChI=1S/C15H11N.2ClH.Ir/c1-2-8-15(9-3-1)16-11-10-13-6-4-5-7-14(13)12-16;;;/h1-11H;2*1H;/q;;;+3/p-2. The Morgan fingerprint density at radius 3 is 2.21 bits per heavy atom. The summed E-state index contributed by atoms with van der Waals surface area (Å²) in [5, 5.41) is 2.35. The second-order valence-corrected chi connectivity index (χ2v) is 7.23. The fourth-order valence-electron chi connectivity index (χ4n) is 1.81. The van der Waals surface area contributed by atoms with Gasteiger partial charge in [-0.15, -0.1) is 6.07 Å². The normalized spacial score (nSPS) is 10.0. The fraction of sp³-hybridized carbons (Fsp3) is 0. The van der Waals surface area contributed by atoms with Gasteiger partial charge in [-0.25, -0.2) is 0 Å². The third kappa shape index (κ3) is 4.02. The van der Waals surface area contributed by atoms with Crippen molar-refractivity contribution in [3.8, 4) is 5.69 Å². The van der Waals surface area contributed by atoms with Gasteiger partial charge in [0.2, 0.25) is 0 Å². The maximum atomic E-state index is 4.89. The zero-order valence-electron chi connectivity index (χ0n) is 9.89. The number of fused-ring (bicyclic) bond motifs is 1. The Bertz CT molecular complexity index is 644. The molecule has 1 aromatic heterocycles. The van der Waals surface area contributed by atoms with Gasteiger partial charge in [0.1, 0.15) is 11.9 Å². The molecule has 0 atom stereocenters. The van der Waals surface area contributed by atoms with Gasteiger partial charge < -0.3 is 0 Å². The average Bonchev–Trinajstić information content (AvgIpc) is 2.48. The number of hydrogen-bond acceptors (Lipinski definition) is 0. The van der Waals surface area contributed by atoms with Crippen LogP contribution in [0.25, 0.3) is 16.5 Å². The number of nitrogens with zero attached hydrogens (tertiary/aromatic N) is 1. The van der Waals surface area contributed by atoms with E-state index >= 15 is 0 Å². The van der Waals surface area contributed by atoms with Crippen LogP contribution in [0, 0.1) is 6.20 Å². The molecule has 3 rings (SSSR count). The van der Waals surface area contributed by atoms with Gasteiger partial charge >= 0.3 is 34.8 Å². The maximum Gasteiger partial charge on any atom is 0.179 e. The Kier molecular flexibility index (Phi) is 5.81. The molecule has 0 aliphatic heterocycles. The molecular formula is C15H11Cl2IrN+. The summed E-state index contributed by atoms with van der Waals surface area (Å²) < 4.78 is 2.02. The third-order valence-electron chi connectivity index (χ3n) is 2.64. The molecule has 0 saturated heterocycles. The van der Waals surface area contributed by atoms with E-state index in [9.17, 15) is 0 Å². The minimum atomic E-state index is -0.556. The van der Waals surface area contributed by atoms with Crippen molar-refractivity contribution in [2.75, 3.05) is 0 Å². The predicted molar refractivity (Wildman–Crippen MR) is 76.0 cm³/mol. The summed E-state index contributed by atoms with van der Waals surface area (Å²) >= 11 is -0.556. The zero-order valence-corrected chi connectivity index (χ0v) is 13.8. The topological polar surface area (TPSA) is 3.88 Å². The van der Waals surface area contributed by atoms with Crippen LogP contribution < -0.4 is 4.57 Å². The molecule has 1 nitrogen and oxygen atoms in total. The van der Waals surface area contributed by atoms with Crippen molar-refractivity contribution in [1.82, 2.24) is 0 Å². The zero-order chi connectivity index (χ0) is 13.5. The van der Waals surface area contributed by atoms with Crippen molar-refractivity contribution in [3.63, 3.8) is 0 Å². The molecule has 0 spiro atoms.